The van der Waals surface area contributed by atoms with Gasteiger partial charge in [-0.2, -0.15) is 5.26 Å². The molecule has 2 aliphatic heterocycles. The second kappa shape index (κ2) is 6.81. The van der Waals surface area contributed by atoms with Gasteiger partial charge in [0.1, 0.15) is 0 Å². The van der Waals surface area contributed by atoms with Crippen LogP contribution in [0.15, 0.2) is 0 Å². The SMILES string of the molecule is CC(C#N)CC1CCC2O[C@H]3C[C@H](OC4(O)CCCCC4)CC2(C3)O1. The summed E-state index contributed by atoms with van der Waals surface area (Å²) < 4.78 is 19.0. The lowest BCUT2D eigenvalue weighted by Crippen LogP contribution is -2.53. The predicted molar refractivity (Wildman–Crippen MR) is 91.7 cm³/mol. The summed E-state index contributed by atoms with van der Waals surface area (Å²) in [6.45, 7) is 1.96. The summed E-state index contributed by atoms with van der Waals surface area (Å²) in [5.41, 5.74) is -0.267. The number of ether oxygens (including phenoxy) is 3. The molecule has 2 saturated heterocycles. The summed E-state index contributed by atoms with van der Waals surface area (Å²) in [6.07, 6.45) is 10.7. The molecule has 4 unspecified atom stereocenters. The number of rotatable bonds is 4. The third kappa shape index (κ3) is 3.60. The highest BCUT2D eigenvalue weighted by Gasteiger charge is 2.58. The van der Waals surface area contributed by atoms with Crippen molar-refractivity contribution in [2.45, 2.75) is 113 Å². The molecular weight excluding hydrogens is 318 g/mol. The standard InChI is InChI=1S/C20H31NO4/c1-14(13-21)9-15-5-6-18-19(24-15)11-16(23-18)10-17(12-19)25-20(22)7-3-2-4-8-20/h14-18,22H,2-12H2,1H3/t14?,15?,16-,17-,18?,19?/m0/s1. The molecule has 2 saturated carbocycles. The van der Waals surface area contributed by atoms with Crippen LogP contribution in [0.3, 0.4) is 0 Å². The van der Waals surface area contributed by atoms with E-state index in [1.165, 1.54) is 6.42 Å². The summed E-state index contributed by atoms with van der Waals surface area (Å²) >= 11 is 0. The van der Waals surface area contributed by atoms with E-state index in [1.807, 2.05) is 6.92 Å². The van der Waals surface area contributed by atoms with E-state index in [1.54, 1.807) is 0 Å². The molecule has 0 radical (unpaired) electrons. The van der Waals surface area contributed by atoms with Crippen LogP contribution in [0.2, 0.25) is 0 Å². The fourth-order valence-electron chi connectivity index (χ4n) is 5.50. The normalized spacial score (nSPS) is 43.9. The van der Waals surface area contributed by atoms with Crippen molar-refractivity contribution in [2.75, 3.05) is 0 Å². The molecule has 0 aromatic rings. The zero-order chi connectivity index (χ0) is 17.5. The molecule has 0 amide bonds. The van der Waals surface area contributed by atoms with Gasteiger partial charge in [0.25, 0.3) is 0 Å². The molecule has 1 spiro atoms. The third-order valence-electron chi connectivity index (χ3n) is 6.63. The van der Waals surface area contributed by atoms with E-state index < -0.39 is 5.79 Å². The fourth-order valence-corrected chi connectivity index (χ4v) is 5.50. The van der Waals surface area contributed by atoms with E-state index in [9.17, 15) is 5.11 Å². The van der Waals surface area contributed by atoms with E-state index in [-0.39, 0.29) is 35.9 Å². The smallest absolute Gasteiger partial charge is 0.165 e. The van der Waals surface area contributed by atoms with Crippen molar-refractivity contribution >= 4 is 0 Å². The number of aliphatic hydroxyl groups is 1. The molecule has 140 valence electrons. The fraction of sp³-hybridized carbons (Fsp3) is 0.950. The molecule has 4 aliphatic rings. The van der Waals surface area contributed by atoms with Gasteiger partial charge in [0, 0.05) is 38.0 Å². The van der Waals surface area contributed by atoms with Crippen LogP contribution in [0.1, 0.15) is 77.6 Å². The average Bonchev–Trinajstić information content (AvgIpc) is 2.84. The van der Waals surface area contributed by atoms with E-state index in [0.717, 1.165) is 64.2 Å². The quantitative estimate of drug-likeness (QED) is 0.787. The summed E-state index contributed by atoms with van der Waals surface area (Å²) in [7, 11) is 0. The molecular formula is C20H31NO4. The van der Waals surface area contributed by atoms with Gasteiger partial charge in [0.05, 0.1) is 36.1 Å². The highest BCUT2D eigenvalue weighted by Crippen LogP contribution is 2.51. The minimum atomic E-state index is -0.949. The van der Waals surface area contributed by atoms with Crippen LogP contribution in [0.5, 0.6) is 0 Å². The van der Waals surface area contributed by atoms with Crippen molar-refractivity contribution in [3.63, 3.8) is 0 Å². The Morgan fingerprint density at radius 3 is 2.80 bits per heavy atom. The molecule has 25 heavy (non-hydrogen) atoms. The molecule has 2 bridgehead atoms. The van der Waals surface area contributed by atoms with Crippen LogP contribution < -0.4 is 0 Å². The van der Waals surface area contributed by atoms with Gasteiger partial charge >= 0.3 is 0 Å². The molecule has 5 nitrogen and oxygen atoms in total. The van der Waals surface area contributed by atoms with Crippen molar-refractivity contribution in [3.8, 4) is 6.07 Å². The van der Waals surface area contributed by atoms with Gasteiger partial charge < -0.3 is 19.3 Å². The maximum Gasteiger partial charge on any atom is 0.165 e. The largest absolute Gasteiger partial charge is 0.372 e. The Morgan fingerprint density at radius 2 is 2.04 bits per heavy atom. The topological polar surface area (TPSA) is 71.7 Å². The monoisotopic (exact) mass is 349 g/mol. The van der Waals surface area contributed by atoms with E-state index >= 15 is 0 Å². The minimum Gasteiger partial charge on any atom is -0.372 e. The van der Waals surface area contributed by atoms with Gasteiger partial charge in [-0.15, -0.1) is 0 Å². The number of nitrogens with zero attached hydrogens (tertiary/aromatic N) is 1. The first-order valence-corrected chi connectivity index (χ1v) is 10.1. The minimum absolute atomic E-state index is 0.0130. The lowest BCUT2D eigenvalue weighted by Gasteiger charge is -2.46. The zero-order valence-corrected chi connectivity index (χ0v) is 15.3. The third-order valence-corrected chi connectivity index (χ3v) is 6.63. The van der Waals surface area contributed by atoms with Gasteiger partial charge in [-0.3, -0.25) is 0 Å². The van der Waals surface area contributed by atoms with E-state index in [4.69, 9.17) is 19.5 Å². The Morgan fingerprint density at radius 1 is 1.24 bits per heavy atom. The predicted octanol–water partition coefficient (Wildman–Crippen LogP) is 3.44. The first-order chi connectivity index (χ1) is 12.0. The lowest BCUT2D eigenvalue weighted by atomic mass is 9.76. The van der Waals surface area contributed by atoms with Crippen molar-refractivity contribution in [3.05, 3.63) is 0 Å². The Bertz CT molecular complexity index is 526. The molecule has 2 aliphatic carbocycles. The second-order valence-electron chi connectivity index (χ2n) is 8.79. The van der Waals surface area contributed by atoms with Crippen molar-refractivity contribution in [1.82, 2.24) is 0 Å². The Hall–Kier alpha value is -0.670. The molecule has 2 heterocycles. The maximum atomic E-state index is 10.8. The second-order valence-corrected chi connectivity index (χ2v) is 8.79. The number of nitriles is 1. The van der Waals surface area contributed by atoms with Crippen molar-refractivity contribution in [1.29, 1.82) is 5.26 Å². The highest BCUT2D eigenvalue weighted by atomic mass is 16.6. The van der Waals surface area contributed by atoms with Crippen LogP contribution in [0.4, 0.5) is 0 Å². The Balaban J connectivity index is 1.43. The maximum absolute atomic E-state index is 10.8. The first-order valence-electron chi connectivity index (χ1n) is 10.1. The lowest BCUT2D eigenvalue weighted by molar-refractivity contribution is -0.263. The van der Waals surface area contributed by atoms with Gasteiger partial charge in [-0.1, -0.05) is 6.42 Å². The summed E-state index contributed by atoms with van der Waals surface area (Å²) in [5.74, 6) is -0.926. The number of hydrogen-bond donors (Lipinski definition) is 1. The van der Waals surface area contributed by atoms with Crippen LogP contribution in [-0.2, 0) is 14.2 Å². The Labute approximate surface area is 150 Å². The van der Waals surface area contributed by atoms with Gasteiger partial charge in [0.2, 0.25) is 0 Å². The number of hydrogen-bond acceptors (Lipinski definition) is 5. The molecule has 6 atom stereocenters. The molecule has 0 aromatic carbocycles. The van der Waals surface area contributed by atoms with Gasteiger partial charge in [-0.25, -0.2) is 0 Å². The average molecular weight is 349 g/mol. The van der Waals surface area contributed by atoms with Crippen LogP contribution in [-0.4, -0.2) is 40.9 Å². The first kappa shape index (κ1) is 17.7. The van der Waals surface area contributed by atoms with Crippen LogP contribution >= 0.6 is 0 Å². The van der Waals surface area contributed by atoms with E-state index in [0.29, 0.717) is 0 Å². The number of fused-ring (bicyclic) bond motifs is 1. The molecule has 5 heteroatoms. The van der Waals surface area contributed by atoms with E-state index in [2.05, 4.69) is 6.07 Å². The zero-order valence-electron chi connectivity index (χ0n) is 15.3. The van der Waals surface area contributed by atoms with Crippen molar-refractivity contribution in [2.24, 2.45) is 5.92 Å². The van der Waals surface area contributed by atoms with Gasteiger partial charge in [0.15, 0.2) is 5.79 Å². The van der Waals surface area contributed by atoms with Crippen LogP contribution in [0.25, 0.3) is 0 Å². The summed E-state index contributed by atoms with van der Waals surface area (Å²) in [6, 6.07) is 2.32. The molecule has 4 rings (SSSR count). The van der Waals surface area contributed by atoms with Crippen molar-refractivity contribution < 1.29 is 19.3 Å². The highest BCUT2D eigenvalue weighted by molar-refractivity contribution is 5.07. The molecule has 1 N–H and O–H groups in total. The summed E-state index contributed by atoms with van der Waals surface area (Å²) in [4.78, 5) is 0. The molecule has 4 fully saturated rings. The molecule has 0 aromatic heterocycles. The Kier molecular flexibility index (Phi) is 4.83. The summed E-state index contributed by atoms with van der Waals surface area (Å²) in [5, 5.41) is 19.9. The van der Waals surface area contributed by atoms with Gasteiger partial charge in [-0.05, 0) is 39.0 Å². The van der Waals surface area contributed by atoms with Crippen LogP contribution in [0, 0.1) is 17.2 Å².